The molecule has 10 aromatic rings. The topological polar surface area (TPSA) is 43.9 Å². The molecular weight excluding hydrogens is 571 g/mol. The van der Waals surface area contributed by atoms with E-state index in [0.29, 0.717) is 11.4 Å². The summed E-state index contributed by atoms with van der Waals surface area (Å²) in [4.78, 5) is 10.1. The number of benzene rings is 6. The lowest BCUT2D eigenvalue weighted by Gasteiger charge is -2.08. The summed E-state index contributed by atoms with van der Waals surface area (Å²) < 4.78 is 11.7. The highest BCUT2D eigenvalue weighted by Crippen LogP contribution is 2.42. The Labute approximate surface area is 261 Å². The van der Waals surface area contributed by atoms with Crippen molar-refractivity contribution in [2.75, 3.05) is 0 Å². The van der Waals surface area contributed by atoms with Gasteiger partial charge in [-0.1, -0.05) is 97.1 Å². The normalized spacial score (nSPS) is 12.0. The smallest absolute Gasteiger partial charge is 0.180 e. The van der Waals surface area contributed by atoms with Gasteiger partial charge in [-0.05, 0) is 36.4 Å². The van der Waals surface area contributed by atoms with Gasteiger partial charge in [0.05, 0.1) is 11.0 Å². The van der Waals surface area contributed by atoms with Crippen molar-refractivity contribution in [3.05, 3.63) is 140 Å². The summed E-state index contributed by atoms with van der Waals surface area (Å²) in [5, 5.41) is 6.04. The van der Waals surface area contributed by atoms with Crippen molar-refractivity contribution in [3.8, 4) is 28.3 Å². The van der Waals surface area contributed by atoms with Gasteiger partial charge in [0.2, 0.25) is 0 Å². The van der Waals surface area contributed by atoms with E-state index in [0.717, 1.165) is 39.0 Å². The third-order valence-corrected chi connectivity index (χ3v) is 9.94. The maximum absolute atomic E-state index is 6.67. The van der Waals surface area contributed by atoms with Crippen LogP contribution in [0, 0.1) is 0 Å². The first-order chi connectivity index (χ1) is 22.3. The summed E-state index contributed by atoms with van der Waals surface area (Å²) in [7, 11) is 0. The van der Waals surface area contributed by atoms with E-state index < -0.39 is 0 Å². The molecule has 10 rings (SSSR count). The SMILES string of the molecule is c1ccc(-c2nc(-c3ccccc3)c3oc4cc(-n5c6ccccc6c6cc7sc8ccccc8c7cc65)ccc4c3n2)cc1. The lowest BCUT2D eigenvalue weighted by molar-refractivity contribution is 0.667. The molecule has 0 spiro atoms. The highest BCUT2D eigenvalue weighted by Gasteiger charge is 2.20. The van der Waals surface area contributed by atoms with Crippen LogP contribution in [0.15, 0.2) is 144 Å². The van der Waals surface area contributed by atoms with Crippen LogP contribution in [0.5, 0.6) is 0 Å². The molecule has 0 bridgehead atoms. The van der Waals surface area contributed by atoms with E-state index in [1.165, 1.54) is 42.0 Å². The second-order valence-corrected chi connectivity index (χ2v) is 12.5. The first-order valence-corrected chi connectivity index (χ1v) is 15.8. The number of hydrogen-bond acceptors (Lipinski definition) is 4. The zero-order valence-electron chi connectivity index (χ0n) is 23.9. The third kappa shape index (κ3) is 3.65. The Kier molecular flexibility index (Phi) is 5.12. The minimum atomic E-state index is 0.683. The molecule has 0 aliphatic carbocycles. The van der Waals surface area contributed by atoms with Crippen molar-refractivity contribution in [1.82, 2.24) is 14.5 Å². The predicted octanol–water partition coefficient (Wildman–Crippen LogP) is 11.2. The number of nitrogens with zero attached hydrogens (tertiary/aromatic N) is 3. The van der Waals surface area contributed by atoms with Gasteiger partial charge in [-0.2, -0.15) is 0 Å². The number of thiophene rings is 1. The molecule has 0 saturated heterocycles. The van der Waals surface area contributed by atoms with E-state index in [2.05, 4.69) is 95.6 Å². The molecule has 210 valence electrons. The molecular formula is C40H23N3OS. The fourth-order valence-corrected chi connectivity index (χ4v) is 7.87. The molecule has 0 N–H and O–H groups in total. The number of rotatable bonds is 3. The van der Waals surface area contributed by atoms with E-state index in [-0.39, 0.29) is 0 Å². The van der Waals surface area contributed by atoms with Gasteiger partial charge in [-0.3, -0.25) is 0 Å². The summed E-state index contributed by atoms with van der Waals surface area (Å²) in [6, 6.07) is 48.9. The maximum Gasteiger partial charge on any atom is 0.180 e. The molecule has 0 atom stereocenters. The Morgan fingerprint density at radius 3 is 2.09 bits per heavy atom. The third-order valence-electron chi connectivity index (χ3n) is 8.81. The second kappa shape index (κ2) is 9.36. The molecule has 0 aliphatic heterocycles. The molecule has 4 heterocycles. The number of hydrogen-bond donors (Lipinski definition) is 0. The molecule has 0 fully saturated rings. The standard InChI is InChI=1S/C40H23N3OS/c1-3-11-24(12-4-1)37-39-38(42-40(41-37)25-13-5-2-6-14-25)29-20-19-26(21-34(29)44-39)43-32-17-9-7-15-27(32)30-23-36-31(22-33(30)43)28-16-8-10-18-35(28)45-36/h1-23H. The van der Waals surface area contributed by atoms with Crippen LogP contribution in [0.4, 0.5) is 0 Å². The summed E-state index contributed by atoms with van der Waals surface area (Å²) in [5.41, 5.74) is 8.45. The molecule has 6 aromatic carbocycles. The zero-order chi connectivity index (χ0) is 29.5. The van der Waals surface area contributed by atoms with Gasteiger partial charge in [-0.25, -0.2) is 9.97 Å². The van der Waals surface area contributed by atoms with Crippen molar-refractivity contribution in [1.29, 1.82) is 0 Å². The summed E-state index contributed by atoms with van der Waals surface area (Å²) in [6.45, 7) is 0. The first kappa shape index (κ1) is 24.6. The minimum Gasteiger partial charge on any atom is -0.452 e. The Morgan fingerprint density at radius 1 is 0.511 bits per heavy atom. The van der Waals surface area contributed by atoms with E-state index in [1.807, 2.05) is 59.9 Å². The lowest BCUT2D eigenvalue weighted by Crippen LogP contribution is -1.94. The zero-order valence-corrected chi connectivity index (χ0v) is 24.8. The van der Waals surface area contributed by atoms with E-state index in [9.17, 15) is 0 Å². The van der Waals surface area contributed by atoms with Gasteiger partial charge in [0, 0.05) is 59.2 Å². The highest BCUT2D eigenvalue weighted by atomic mass is 32.1. The highest BCUT2D eigenvalue weighted by molar-refractivity contribution is 7.25. The quantitative estimate of drug-likeness (QED) is 0.205. The average Bonchev–Trinajstić information content (AvgIpc) is 3.76. The van der Waals surface area contributed by atoms with Gasteiger partial charge < -0.3 is 8.98 Å². The molecule has 0 unspecified atom stereocenters. The maximum atomic E-state index is 6.67. The Hall–Kier alpha value is -5.78. The van der Waals surface area contributed by atoms with Crippen LogP contribution in [0.3, 0.4) is 0 Å². The van der Waals surface area contributed by atoms with Crippen molar-refractivity contribution >= 4 is 75.4 Å². The largest absolute Gasteiger partial charge is 0.452 e. The second-order valence-electron chi connectivity index (χ2n) is 11.4. The van der Waals surface area contributed by atoms with E-state index in [1.54, 1.807) is 0 Å². The molecule has 0 amide bonds. The summed E-state index contributed by atoms with van der Waals surface area (Å²) in [5.74, 6) is 0.683. The van der Waals surface area contributed by atoms with E-state index in [4.69, 9.17) is 14.4 Å². The van der Waals surface area contributed by atoms with Crippen molar-refractivity contribution in [2.45, 2.75) is 0 Å². The molecule has 5 heteroatoms. The van der Waals surface area contributed by atoms with E-state index >= 15 is 0 Å². The molecule has 0 radical (unpaired) electrons. The average molecular weight is 594 g/mol. The fourth-order valence-electron chi connectivity index (χ4n) is 6.74. The summed E-state index contributed by atoms with van der Waals surface area (Å²) in [6.07, 6.45) is 0. The van der Waals surface area contributed by atoms with Gasteiger partial charge >= 0.3 is 0 Å². The van der Waals surface area contributed by atoms with Crippen molar-refractivity contribution in [3.63, 3.8) is 0 Å². The Morgan fingerprint density at radius 2 is 1.24 bits per heavy atom. The molecule has 4 nitrogen and oxygen atoms in total. The number of aromatic nitrogens is 3. The predicted molar refractivity (Wildman–Crippen MR) is 187 cm³/mol. The Bertz CT molecular complexity index is 2760. The van der Waals surface area contributed by atoms with Crippen LogP contribution in [-0.4, -0.2) is 14.5 Å². The van der Waals surface area contributed by atoms with Crippen molar-refractivity contribution in [2.24, 2.45) is 0 Å². The number of fused-ring (bicyclic) bond motifs is 9. The lowest BCUT2D eigenvalue weighted by atomic mass is 10.1. The van der Waals surface area contributed by atoms with Crippen LogP contribution < -0.4 is 0 Å². The molecule has 0 saturated carbocycles. The molecule has 4 aromatic heterocycles. The fraction of sp³-hybridized carbons (Fsp3) is 0. The van der Waals surface area contributed by atoms with Gasteiger partial charge in [0.15, 0.2) is 11.4 Å². The van der Waals surface area contributed by atoms with Crippen molar-refractivity contribution < 1.29 is 4.42 Å². The summed E-state index contributed by atoms with van der Waals surface area (Å²) >= 11 is 1.86. The van der Waals surface area contributed by atoms with Gasteiger partial charge in [0.1, 0.15) is 16.8 Å². The van der Waals surface area contributed by atoms with Gasteiger partial charge in [-0.15, -0.1) is 11.3 Å². The molecule has 45 heavy (non-hydrogen) atoms. The minimum absolute atomic E-state index is 0.683. The number of para-hydroxylation sites is 1. The number of furan rings is 1. The van der Waals surface area contributed by atoms with Crippen LogP contribution in [0.25, 0.3) is 92.4 Å². The van der Waals surface area contributed by atoms with Gasteiger partial charge in [0.25, 0.3) is 0 Å². The Balaban J connectivity index is 1.25. The van der Waals surface area contributed by atoms with Crippen LogP contribution in [0.2, 0.25) is 0 Å². The molecule has 0 aliphatic rings. The van der Waals surface area contributed by atoms with Crippen LogP contribution in [0.1, 0.15) is 0 Å². The van der Waals surface area contributed by atoms with Crippen LogP contribution in [-0.2, 0) is 0 Å². The monoisotopic (exact) mass is 593 g/mol. The van der Waals surface area contributed by atoms with Crippen LogP contribution >= 0.6 is 11.3 Å². The first-order valence-electron chi connectivity index (χ1n) is 15.0.